The van der Waals surface area contributed by atoms with E-state index < -0.39 is 0 Å². The molecule has 1 heterocycles. The summed E-state index contributed by atoms with van der Waals surface area (Å²) in [5.41, 5.74) is 1.76. The largest absolute Gasteiger partial charge is 0.353 e. The summed E-state index contributed by atoms with van der Waals surface area (Å²) in [4.78, 5) is 14.5. The van der Waals surface area contributed by atoms with Crippen molar-refractivity contribution in [3.05, 3.63) is 22.7 Å². The Morgan fingerprint density at radius 2 is 2.12 bits per heavy atom. The van der Waals surface area contributed by atoms with Gasteiger partial charge in [-0.1, -0.05) is 6.07 Å². The number of amides is 1. The van der Waals surface area contributed by atoms with Crippen LogP contribution in [0.5, 0.6) is 0 Å². The number of fused-ring (bicyclic) bond motifs is 1. The van der Waals surface area contributed by atoms with Gasteiger partial charge in [-0.3, -0.25) is 4.79 Å². The summed E-state index contributed by atoms with van der Waals surface area (Å²) in [5, 5.41) is 3.04. The van der Waals surface area contributed by atoms with Gasteiger partial charge in [0, 0.05) is 10.5 Å². The molecule has 0 atom stereocenters. The molecule has 0 aromatic heterocycles. The summed E-state index contributed by atoms with van der Waals surface area (Å²) < 4.78 is 0.949. The summed E-state index contributed by atoms with van der Waals surface area (Å²) >= 11 is 3.50. The Labute approximate surface area is 109 Å². The van der Waals surface area contributed by atoms with Crippen molar-refractivity contribution >= 4 is 33.2 Å². The number of benzene rings is 1. The summed E-state index contributed by atoms with van der Waals surface area (Å²) in [5.74, 6) is 0.144. The Kier molecular flexibility index (Phi) is 2.27. The highest BCUT2D eigenvalue weighted by molar-refractivity contribution is 9.10. The third-order valence-electron chi connectivity index (χ3n) is 3.61. The fourth-order valence-electron chi connectivity index (χ4n) is 2.77. The third kappa shape index (κ3) is 1.43. The molecule has 3 nitrogen and oxygen atoms in total. The molecule has 0 bridgehead atoms. The molecule has 1 N–H and O–H groups in total. The molecule has 1 amide bonds. The molecule has 1 fully saturated rings. The summed E-state index contributed by atoms with van der Waals surface area (Å²) in [6.07, 6.45) is 1.92. The van der Waals surface area contributed by atoms with E-state index in [2.05, 4.69) is 46.1 Å². The van der Waals surface area contributed by atoms with Gasteiger partial charge in [-0.15, -0.1) is 0 Å². The fourth-order valence-corrected chi connectivity index (χ4v) is 3.22. The molecule has 2 aliphatic rings. The maximum atomic E-state index is 12.2. The van der Waals surface area contributed by atoms with Gasteiger partial charge in [-0.05, 0) is 54.8 Å². The van der Waals surface area contributed by atoms with E-state index in [1.54, 1.807) is 0 Å². The van der Waals surface area contributed by atoms with Crippen LogP contribution < -0.4 is 10.2 Å². The molecule has 0 unspecified atom stereocenters. The first-order chi connectivity index (χ1) is 8.06. The average molecular weight is 295 g/mol. The number of hydrogen-bond acceptors (Lipinski definition) is 2. The van der Waals surface area contributed by atoms with E-state index in [4.69, 9.17) is 0 Å². The number of halogens is 1. The van der Waals surface area contributed by atoms with Gasteiger partial charge in [0.2, 0.25) is 5.91 Å². The molecule has 90 valence electrons. The van der Waals surface area contributed by atoms with Crippen molar-refractivity contribution < 1.29 is 4.79 Å². The van der Waals surface area contributed by atoms with Gasteiger partial charge < -0.3 is 10.2 Å². The van der Waals surface area contributed by atoms with E-state index in [0.717, 1.165) is 28.7 Å². The molecule has 0 radical (unpaired) electrons. The van der Waals surface area contributed by atoms with Crippen molar-refractivity contribution in [2.24, 2.45) is 0 Å². The van der Waals surface area contributed by atoms with Crippen molar-refractivity contribution in [2.45, 2.75) is 38.3 Å². The van der Waals surface area contributed by atoms with E-state index in [9.17, 15) is 4.79 Å². The SMILES string of the molecule is CC(C)N1c2cccc(Br)c2NC(=O)C12CC2. The third-order valence-corrected chi connectivity index (χ3v) is 4.27. The number of carbonyl (C=O) groups is 1. The van der Waals surface area contributed by atoms with Crippen LogP contribution in [-0.4, -0.2) is 17.5 Å². The molecular weight excluding hydrogens is 280 g/mol. The minimum absolute atomic E-state index is 0.144. The normalized spacial score (nSPS) is 20.5. The van der Waals surface area contributed by atoms with E-state index in [1.165, 1.54) is 0 Å². The van der Waals surface area contributed by atoms with Crippen LogP contribution in [0.15, 0.2) is 22.7 Å². The maximum Gasteiger partial charge on any atom is 0.250 e. The predicted octanol–water partition coefficient (Wildman–Crippen LogP) is 3.15. The molecule has 4 heteroatoms. The van der Waals surface area contributed by atoms with Crippen LogP contribution in [0.4, 0.5) is 11.4 Å². The Hall–Kier alpha value is -1.03. The summed E-state index contributed by atoms with van der Waals surface area (Å²) in [7, 11) is 0. The zero-order chi connectivity index (χ0) is 12.2. The lowest BCUT2D eigenvalue weighted by atomic mass is 10.0. The molecule has 3 rings (SSSR count). The fraction of sp³-hybridized carbons (Fsp3) is 0.462. The van der Waals surface area contributed by atoms with Gasteiger partial charge in [0.25, 0.3) is 0 Å². The zero-order valence-corrected chi connectivity index (χ0v) is 11.5. The van der Waals surface area contributed by atoms with Crippen LogP contribution in [0.25, 0.3) is 0 Å². The van der Waals surface area contributed by atoms with Crippen LogP contribution in [0.3, 0.4) is 0 Å². The molecule has 17 heavy (non-hydrogen) atoms. The smallest absolute Gasteiger partial charge is 0.250 e. The van der Waals surface area contributed by atoms with E-state index in [1.807, 2.05) is 12.1 Å². The lowest BCUT2D eigenvalue weighted by Crippen LogP contribution is -2.53. The first-order valence-corrected chi connectivity index (χ1v) is 6.75. The van der Waals surface area contributed by atoms with Gasteiger partial charge in [-0.25, -0.2) is 0 Å². The van der Waals surface area contributed by atoms with Gasteiger partial charge in [0.05, 0.1) is 11.4 Å². The Morgan fingerprint density at radius 1 is 1.41 bits per heavy atom. The summed E-state index contributed by atoms with van der Waals surface area (Å²) in [6, 6.07) is 6.39. The zero-order valence-electron chi connectivity index (χ0n) is 9.96. The topological polar surface area (TPSA) is 32.3 Å². The number of hydrogen-bond donors (Lipinski definition) is 1. The number of rotatable bonds is 1. The molecule has 1 aliphatic heterocycles. The highest BCUT2D eigenvalue weighted by Gasteiger charge is 2.58. The highest BCUT2D eigenvalue weighted by Crippen LogP contribution is 2.52. The second-order valence-corrected chi connectivity index (χ2v) is 5.94. The molecule has 1 saturated carbocycles. The van der Waals surface area contributed by atoms with E-state index in [0.29, 0.717) is 6.04 Å². The first-order valence-electron chi connectivity index (χ1n) is 5.95. The van der Waals surface area contributed by atoms with Gasteiger partial charge >= 0.3 is 0 Å². The lowest BCUT2D eigenvalue weighted by molar-refractivity contribution is -0.118. The van der Waals surface area contributed by atoms with Crippen molar-refractivity contribution in [3.8, 4) is 0 Å². The number of anilines is 2. The monoisotopic (exact) mass is 294 g/mol. The van der Waals surface area contributed by atoms with E-state index in [-0.39, 0.29) is 11.4 Å². The predicted molar refractivity (Wildman–Crippen MR) is 72.4 cm³/mol. The lowest BCUT2D eigenvalue weighted by Gasteiger charge is -2.41. The standard InChI is InChI=1S/C13H15BrN2O/c1-8(2)16-10-5-3-4-9(14)11(10)15-12(17)13(16)6-7-13/h3-5,8H,6-7H2,1-2H3,(H,15,17). The number of nitrogens with zero attached hydrogens (tertiary/aromatic N) is 1. The minimum atomic E-state index is -0.276. The number of carbonyl (C=O) groups excluding carboxylic acids is 1. The molecule has 1 aromatic rings. The first kappa shape index (κ1) is 11.1. The molecule has 1 aliphatic carbocycles. The van der Waals surface area contributed by atoms with E-state index >= 15 is 0 Å². The van der Waals surface area contributed by atoms with Crippen molar-refractivity contribution in [3.63, 3.8) is 0 Å². The second kappa shape index (κ2) is 3.48. The van der Waals surface area contributed by atoms with Crippen molar-refractivity contribution in [1.29, 1.82) is 0 Å². The van der Waals surface area contributed by atoms with Crippen molar-refractivity contribution in [2.75, 3.05) is 10.2 Å². The Bertz CT molecular complexity index is 494. The number of para-hydroxylation sites is 1. The quantitative estimate of drug-likeness (QED) is 0.863. The molecule has 0 saturated heterocycles. The average Bonchev–Trinajstić information content (AvgIpc) is 3.03. The summed E-state index contributed by atoms with van der Waals surface area (Å²) in [6.45, 7) is 4.28. The van der Waals surface area contributed by atoms with Crippen LogP contribution in [-0.2, 0) is 4.79 Å². The molecule has 1 spiro atoms. The Morgan fingerprint density at radius 3 is 2.71 bits per heavy atom. The number of nitrogens with one attached hydrogen (secondary N) is 1. The van der Waals surface area contributed by atoms with Crippen LogP contribution in [0.1, 0.15) is 26.7 Å². The molecular formula is C13H15BrN2O. The molecule has 1 aromatic carbocycles. The maximum absolute atomic E-state index is 12.2. The Balaban J connectivity index is 2.18. The van der Waals surface area contributed by atoms with Crippen LogP contribution >= 0.6 is 15.9 Å². The second-order valence-electron chi connectivity index (χ2n) is 5.08. The van der Waals surface area contributed by atoms with Gasteiger partial charge in [-0.2, -0.15) is 0 Å². The minimum Gasteiger partial charge on any atom is -0.353 e. The highest BCUT2D eigenvalue weighted by atomic mass is 79.9. The van der Waals surface area contributed by atoms with Crippen LogP contribution in [0, 0.1) is 0 Å². The van der Waals surface area contributed by atoms with Gasteiger partial charge in [0.15, 0.2) is 0 Å². The van der Waals surface area contributed by atoms with Crippen LogP contribution in [0.2, 0.25) is 0 Å². The van der Waals surface area contributed by atoms with Gasteiger partial charge in [0.1, 0.15) is 5.54 Å². The van der Waals surface area contributed by atoms with Crippen molar-refractivity contribution in [1.82, 2.24) is 0 Å².